The molecule has 1 aromatic rings. The van der Waals surface area contributed by atoms with Gasteiger partial charge in [0.05, 0.1) is 17.2 Å². The van der Waals surface area contributed by atoms with Crippen LogP contribution in [-0.4, -0.2) is 25.4 Å². The van der Waals surface area contributed by atoms with Crippen molar-refractivity contribution in [1.29, 1.82) is 0 Å². The van der Waals surface area contributed by atoms with Crippen molar-refractivity contribution in [2.45, 2.75) is 5.75 Å². The average molecular weight is 225 g/mol. The summed E-state index contributed by atoms with van der Waals surface area (Å²) in [5, 5.41) is 0. The number of carbonyl (C=O) groups is 1. The van der Waals surface area contributed by atoms with Crippen LogP contribution in [0.2, 0.25) is 0 Å². The molecule has 0 aliphatic rings. The van der Waals surface area contributed by atoms with Crippen LogP contribution in [0.1, 0.15) is 5.69 Å². The zero-order valence-electron chi connectivity index (χ0n) is 8.04. The summed E-state index contributed by atoms with van der Waals surface area (Å²) in [4.78, 5) is 14.1. The highest BCUT2D eigenvalue weighted by Gasteiger charge is 2.16. The molecule has 80 valence electrons. The molecule has 0 unspecified atom stereocenters. The van der Waals surface area contributed by atoms with Gasteiger partial charge in [-0.25, -0.2) is 8.42 Å². The molecule has 1 aromatic heterocycles. The highest BCUT2D eigenvalue weighted by Crippen LogP contribution is 2.06. The molecule has 0 saturated carbocycles. The fourth-order valence-corrected chi connectivity index (χ4v) is 2.50. The van der Waals surface area contributed by atoms with E-state index in [1.807, 2.05) is 0 Å². The number of aldehydes is 1. The van der Waals surface area contributed by atoms with Crippen molar-refractivity contribution in [1.82, 2.24) is 4.98 Å². The third-order valence-corrected chi connectivity index (χ3v) is 3.34. The van der Waals surface area contributed by atoms with Crippen LogP contribution in [0.15, 0.2) is 24.4 Å². The van der Waals surface area contributed by atoms with E-state index in [0.29, 0.717) is 12.0 Å². The zero-order valence-corrected chi connectivity index (χ0v) is 8.85. The lowest BCUT2D eigenvalue weighted by atomic mass is 10.3. The summed E-state index contributed by atoms with van der Waals surface area (Å²) < 4.78 is 23.0. The molecule has 0 aliphatic carbocycles. The molecule has 5 heteroatoms. The van der Waals surface area contributed by atoms with Crippen LogP contribution >= 0.6 is 0 Å². The maximum Gasteiger partial charge on any atom is 0.156 e. The third kappa shape index (κ3) is 4.20. The first-order valence-corrected chi connectivity index (χ1v) is 6.17. The van der Waals surface area contributed by atoms with Crippen molar-refractivity contribution < 1.29 is 13.2 Å². The molecule has 0 aliphatic heterocycles. The highest BCUT2D eigenvalue weighted by atomic mass is 32.2. The fourth-order valence-electron chi connectivity index (χ4n) is 1.10. The van der Waals surface area contributed by atoms with Gasteiger partial charge in [0.1, 0.15) is 6.29 Å². The molecular formula is C10H11NO3S. The van der Waals surface area contributed by atoms with Crippen molar-refractivity contribution >= 4 is 16.1 Å². The molecule has 1 heterocycles. The van der Waals surface area contributed by atoms with Gasteiger partial charge in [-0.3, -0.25) is 4.98 Å². The first kappa shape index (κ1) is 11.8. The lowest BCUT2D eigenvalue weighted by molar-refractivity contribution is -0.109. The summed E-state index contributed by atoms with van der Waals surface area (Å²) in [5.41, 5.74) is 0.454. The van der Waals surface area contributed by atoms with Crippen molar-refractivity contribution in [3.63, 3.8) is 0 Å². The van der Waals surface area contributed by atoms with Gasteiger partial charge >= 0.3 is 0 Å². The normalized spacial score (nSPS) is 13.4. The lowest BCUT2D eigenvalue weighted by Crippen LogP contribution is -2.17. The molecule has 15 heavy (non-hydrogen) atoms. The summed E-state index contributed by atoms with van der Waals surface area (Å²) in [7, 11) is -3.36. The molecule has 1 atom stereocenters. The second-order valence-electron chi connectivity index (χ2n) is 3.18. The largest absolute Gasteiger partial charge is 0.303 e. The van der Waals surface area contributed by atoms with Gasteiger partial charge in [-0.1, -0.05) is 6.07 Å². The minimum atomic E-state index is -3.36. The Balaban J connectivity index is 2.69. The molecule has 0 aromatic carbocycles. The molecule has 0 spiro atoms. The van der Waals surface area contributed by atoms with Crippen LogP contribution in [-0.2, 0) is 20.4 Å². The summed E-state index contributed by atoms with van der Waals surface area (Å²) in [6.45, 7) is 5.25. The summed E-state index contributed by atoms with van der Waals surface area (Å²) in [6.07, 6.45) is 1.94. The number of sulfone groups is 1. The number of hydrogen-bond donors (Lipinski definition) is 0. The number of rotatable bonds is 5. The van der Waals surface area contributed by atoms with Gasteiger partial charge in [0, 0.05) is 12.1 Å². The SMILES string of the molecule is [CH][C@H](C=O)CS(=O)(=O)Cc1ccccn1. The Morgan fingerprint density at radius 3 is 2.73 bits per heavy atom. The molecule has 4 nitrogen and oxygen atoms in total. The van der Waals surface area contributed by atoms with E-state index in [1.54, 1.807) is 18.2 Å². The van der Waals surface area contributed by atoms with E-state index in [9.17, 15) is 13.2 Å². The van der Waals surface area contributed by atoms with Crippen LogP contribution in [0, 0.1) is 12.8 Å². The van der Waals surface area contributed by atoms with Crippen molar-refractivity contribution in [2.75, 3.05) is 5.75 Å². The van der Waals surface area contributed by atoms with Crippen LogP contribution in [0.5, 0.6) is 0 Å². The first-order valence-electron chi connectivity index (χ1n) is 4.35. The Morgan fingerprint density at radius 1 is 1.47 bits per heavy atom. The molecule has 0 N–H and O–H groups in total. The number of hydrogen-bond acceptors (Lipinski definition) is 4. The molecule has 0 fully saturated rings. The molecule has 2 radical (unpaired) electrons. The van der Waals surface area contributed by atoms with E-state index in [4.69, 9.17) is 6.92 Å². The maximum absolute atomic E-state index is 11.5. The number of nitrogens with zero attached hydrogens (tertiary/aromatic N) is 1. The zero-order chi connectivity index (χ0) is 11.3. The molecule has 0 amide bonds. The Morgan fingerprint density at radius 2 is 2.20 bits per heavy atom. The standard InChI is InChI=1S/C10H11NO3S/c1-9(6-12)7-15(13,14)8-10-4-2-3-5-11-10/h1-6,9H,7-8H2/t9-/m1/s1. The minimum Gasteiger partial charge on any atom is -0.303 e. The smallest absolute Gasteiger partial charge is 0.156 e. The minimum absolute atomic E-state index is 0.185. The van der Waals surface area contributed by atoms with E-state index >= 15 is 0 Å². The third-order valence-electron chi connectivity index (χ3n) is 1.72. The fraction of sp³-hybridized carbons (Fsp3) is 0.300. The second kappa shape index (κ2) is 5.02. The van der Waals surface area contributed by atoms with Gasteiger partial charge in [0.2, 0.25) is 0 Å². The van der Waals surface area contributed by atoms with Crippen LogP contribution in [0.4, 0.5) is 0 Å². The van der Waals surface area contributed by atoms with Crippen LogP contribution in [0.3, 0.4) is 0 Å². The van der Waals surface area contributed by atoms with Crippen LogP contribution < -0.4 is 0 Å². The monoisotopic (exact) mass is 225 g/mol. The van der Waals surface area contributed by atoms with Gasteiger partial charge in [-0.2, -0.15) is 0 Å². The molecular weight excluding hydrogens is 214 g/mol. The predicted molar refractivity (Wildman–Crippen MR) is 55.6 cm³/mol. The number of aromatic nitrogens is 1. The van der Waals surface area contributed by atoms with E-state index in [-0.39, 0.29) is 11.5 Å². The number of pyridine rings is 1. The lowest BCUT2D eigenvalue weighted by Gasteiger charge is -2.04. The van der Waals surface area contributed by atoms with Gasteiger partial charge in [0.15, 0.2) is 9.84 Å². The van der Waals surface area contributed by atoms with Crippen molar-refractivity contribution in [2.24, 2.45) is 5.92 Å². The Kier molecular flexibility index (Phi) is 3.96. The molecule has 0 bridgehead atoms. The summed E-state index contributed by atoms with van der Waals surface area (Å²) in [6, 6.07) is 5.02. The Bertz CT molecular complexity index is 414. The maximum atomic E-state index is 11.5. The highest BCUT2D eigenvalue weighted by molar-refractivity contribution is 7.90. The van der Waals surface area contributed by atoms with Gasteiger partial charge < -0.3 is 4.79 Å². The van der Waals surface area contributed by atoms with Crippen molar-refractivity contribution in [3.05, 3.63) is 37.0 Å². The van der Waals surface area contributed by atoms with E-state index in [0.717, 1.165) is 0 Å². The molecule has 1 rings (SSSR count). The van der Waals surface area contributed by atoms with Gasteiger partial charge in [0.25, 0.3) is 0 Å². The first-order chi connectivity index (χ1) is 7.03. The van der Waals surface area contributed by atoms with Crippen LogP contribution in [0.25, 0.3) is 0 Å². The quantitative estimate of drug-likeness (QED) is 0.685. The summed E-state index contributed by atoms with van der Waals surface area (Å²) >= 11 is 0. The van der Waals surface area contributed by atoms with E-state index in [1.165, 1.54) is 6.20 Å². The average Bonchev–Trinajstić information content (AvgIpc) is 2.17. The topological polar surface area (TPSA) is 64.1 Å². The van der Waals surface area contributed by atoms with E-state index in [2.05, 4.69) is 4.98 Å². The Hall–Kier alpha value is -1.23. The predicted octanol–water partition coefficient (Wildman–Crippen LogP) is 0.523. The van der Waals surface area contributed by atoms with Gasteiger partial charge in [-0.15, -0.1) is 0 Å². The van der Waals surface area contributed by atoms with E-state index < -0.39 is 15.8 Å². The molecule has 0 saturated heterocycles. The van der Waals surface area contributed by atoms with Crippen molar-refractivity contribution in [3.8, 4) is 0 Å². The van der Waals surface area contributed by atoms with Gasteiger partial charge in [-0.05, 0) is 19.1 Å². The summed E-state index contributed by atoms with van der Waals surface area (Å²) in [5.74, 6) is -1.48. The Labute approximate surface area is 89.3 Å². The second-order valence-corrected chi connectivity index (χ2v) is 5.28. The number of carbonyl (C=O) groups excluding carboxylic acids is 1.